The molecule has 0 bridgehead atoms. The van der Waals surface area contributed by atoms with E-state index >= 15 is 0 Å². The third-order valence-corrected chi connectivity index (χ3v) is 4.87. The van der Waals surface area contributed by atoms with Crippen LogP contribution in [0, 0.1) is 0 Å². The molecule has 1 aromatic rings. The van der Waals surface area contributed by atoms with Crippen molar-refractivity contribution in [2.75, 3.05) is 6.54 Å². The van der Waals surface area contributed by atoms with Crippen LogP contribution >= 0.6 is 0 Å². The Kier molecular flexibility index (Phi) is 4.63. The van der Waals surface area contributed by atoms with Crippen molar-refractivity contribution in [3.05, 3.63) is 17.5 Å². The van der Waals surface area contributed by atoms with Crippen molar-refractivity contribution in [3.63, 3.8) is 0 Å². The molecule has 1 aliphatic carbocycles. The first-order chi connectivity index (χ1) is 12.4. The third kappa shape index (κ3) is 3.74. The zero-order valence-corrected chi connectivity index (χ0v) is 15.5. The van der Waals surface area contributed by atoms with E-state index in [0.29, 0.717) is 25.2 Å². The molecule has 1 saturated carbocycles. The van der Waals surface area contributed by atoms with Gasteiger partial charge in [-0.1, -0.05) is 0 Å². The van der Waals surface area contributed by atoms with Crippen molar-refractivity contribution in [1.29, 1.82) is 0 Å². The lowest BCUT2D eigenvalue weighted by molar-refractivity contribution is -0.215. The molecule has 0 atom stereocenters. The highest BCUT2D eigenvalue weighted by molar-refractivity contribution is 5.96. The second-order valence-corrected chi connectivity index (χ2v) is 8.02. The minimum absolute atomic E-state index is 0.0523. The van der Waals surface area contributed by atoms with Crippen LogP contribution in [0.3, 0.4) is 0 Å². The molecule has 0 spiro atoms. The van der Waals surface area contributed by atoms with Gasteiger partial charge in [-0.05, 0) is 40.0 Å². The summed E-state index contributed by atoms with van der Waals surface area (Å²) < 4.78 is 46.8. The first-order valence-corrected chi connectivity index (χ1v) is 8.84. The topological polar surface area (TPSA) is 76.5 Å². The maximum atomic E-state index is 13.3. The molecule has 2 amide bonds. The summed E-state index contributed by atoms with van der Waals surface area (Å²) in [5.41, 5.74) is -2.38. The van der Waals surface area contributed by atoms with E-state index in [2.05, 4.69) is 10.4 Å². The standard InChI is InChI=1S/C17H23F3N4O3/c1-15(2,3)27-14(26)23-7-8-24-12(10-23)11(9-21-24)13(25)22-16(5-4-6-16)17(18,19)20/h9H,4-8,10H2,1-3H3,(H,22,25). The number of alkyl halides is 3. The van der Waals surface area contributed by atoms with Gasteiger partial charge in [0.05, 0.1) is 30.5 Å². The van der Waals surface area contributed by atoms with Crippen molar-refractivity contribution in [2.45, 2.75) is 70.4 Å². The van der Waals surface area contributed by atoms with Gasteiger partial charge in [-0.2, -0.15) is 18.3 Å². The maximum Gasteiger partial charge on any atom is 0.411 e. The van der Waals surface area contributed by atoms with Crippen LogP contribution in [0.2, 0.25) is 0 Å². The van der Waals surface area contributed by atoms with Crippen LogP contribution in [-0.2, 0) is 17.8 Å². The minimum Gasteiger partial charge on any atom is -0.444 e. The number of rotatable bonds is 2. The number of fused-ring (bicyclic) bond motifs is 1. The second-order valence-electron chi connectivity index (χ2n) is 8.02. The lowest BCUT2D eigenvalue weighted by atomic mass is 9.76. The summed E-state index contributed by atoms with van der Waals surface area (Å²) in [5, 5.41) is 6.23. The number of nitrogens with one attached hydrogen (secondary N) is 1. The van der Waals surface area contributed by atoms with Gasteiger partial charge in [0.15, 0.2) is 0 Å². The molecule has 1 aromatic heterocycles. The van der Waals surface area contributed by atoms with E-state index in [9.17, 15) is 22.8 Å². The van der Waals surface area contributed by atoms with Crippen molar-refractivity contribution in [2.24, 2.45) is 0 Å². The molecule has 150 valence electrons. The zero-order valence-electron chi connectivity index (χ0n) is 15.5. The molecule has 1 N–H and O–H groups in total. The van der Waals surface area contributed by atoms with Gasteiger partial charge < -0.3 is 15.0 Å². The van der Waals surface area contributed by atoms with E-state index in [1.165, 1.54) is 15.8 Å². The number of carbonyl (C=O) groups is 2. The van der Waals surface area contributed by atoms with Crippen LogP contribution in [0.25, 0.3) is 0 Å². The Morgan fingerprint density at radius 2 is 1.89 bits per heavy atom. The summed E-state index contributed by atoms with van der Waals surface area (Å²) >= 11 is 0. The Balaban J connectivity index is 1.76. The monoisotopic (exact) mass is 388 g/mol. The summed E-state index contributed by atoms with van der Waals surface area (Å²) in [5.74, 6) is -0.820. The largest absolute Gasteiger partial charge is 0.444 e. The first kappa shape index (κ1) is 19.5. The molecule has 27 heavy (non-hydrogen) atoms. The Bertz CT molecular complexity index is 748. The van der Waals surface area contributed by atoms with Crippen molar-refractivity contribution in [3.8, 4) is 0 Å². The smallest absolute Gasteiger partial charge is 0.411 e. The van der Waals surface area contributed by atoms with Crippen LogP contribution in [0.5, 0.6) is 0 Å². The minimum atomic E-state index is -4.50. The predicted molar refractivity (Wildman–Crippen MR) is 89.0 cm³/mol. The molecule has 2 aliphatic rings. The summed E-state index contributed by atoms with van der Waals surface area (Å²) in [4.78, 5) is 26.2. The quantitative estimate of drug-likeness (QED) is 0.845. The molecule has 0 radical (unpaired) electrons. The molecule has 1 aliphatic heterocycles. The van der Waals surface area contributed by atoms with Gasteiger partial charge in [0.25, 0.3) is 5.91 Å². The molecule has 0 aromatic carbocycles. The molecule has 3 rings (SSSR count). The number of carbonyl (C=O) groups excluding carboxylic acids is 2. The number of hydrogen-bond acceptors (Lipinski definition) is 4. The molecule has 0 unspecified atom stereocenters. The molecule has 7 nitrogen and oxygen atoms in total. The summed E-state index contributed by atoms with van der Waals surface area (Å²) in [6.45, 7) is 5.97. The number of ether oxygens (including phenoxy) is 1. The van der Waals surface area contributed by atoms with Crippen LogP contribution in [-0.4, -0.2) is 50.5 Å². The van der Waals surface area contributed by atoms with Gasteiger partial charge in [-0.15, -0.1) is 0 Å². The number of halogens is 3. The highest BCUT2D eigenvalue weighted by Crippen LogP contribution is 2.45. The Labute approximate surface area is 154 Å². The van der Waals surface area contributed by atoms with Gasteiger partial charge in [-0.3, -0.25) is 9.48 Å². The van der Waals surface area contributed by atoms with Crippen LogP contribution in [0.15, 0.2) is 6.20 Å². The number of hydrogen-bond donors (Lipinski definition) is 1. The predicted octanol–water partition coefficient (Wildman–Crippen LogP) is 2.85. The van der Waals surface area contributed by atoms with Gasteiger partial charge in [0, 0.05) is 6.54 Å². The van der Waals surface area contributed by atoms with Gasteiger partial charge in [-0.25, -0.2) is 4.79 Å². The molecular weight excluding hydrogens is 365 g/mol. The normalized spacial score (nSPS) is 19.1. The third-order valence-electron chi connectivity index (χ3n) is 4.87. The van der Waals surface area contributed by atoms with Crippen LogP contribution < -0.4 is 5.32 Å². The molecule has 0 saturated heterocycles. The van der Waals surface area contributed by atoms with Crippen LogP contribution in [0.1, 0.15) is 56.1 Å². The van der Waals surface area contributed by atoms with E-state index in [0.717, 1.165) is 0 Å². The van der Waals surface area contributed by atoms with E-state index < -0.39 is 29.3 Å². The second kappa shape index (κ2) is 6.42. The van der Waals surface area contributed by atoms with Gasteiger partial charge >= 0.3 is 12.3 Å². The number of amides is 2. The average molecular weight is 388 g/mol. The van der Waals surface area contributed by atoms with E-state index in [1.807, 2.05) is 0 Å². The SMILES string of the molecule is CC(C)(C)OC(=O)N1CCn2ncc(C(=O)NC3(C(F)(F)F)CCC3)c2C1. The Hall–Kier alpha value is -2.26. The van der Waals surface area contributed by atoms with Crippen molar-refractivity contribution in [1.82, 2.24) is 20.0 Å². The summed E-state index contributed by atoms with van der Waals surface area (Å²) in [7, 11) is 0. The summed E-state index contributed by atoms with van der Waals surface area (Å²) in [6.07, 6.45) is -3.63. The molecule has 1 fully saturated rings. The van der Waals surface area contributed by atoms with Crippen molar-refractivity contribution < 1.29 is 27.5 Å². The lowest BCUT2D eigenvalue weighted by Gasteiger charge is -2.43. The van der Waals surface area contributed by atoms with Crippen molar-refractivity contribution >= 4 is 12.0 Å². The molecular formula is C17H23F3N4O3. The van der Waals surface area contributed by atoms with E-state index in [4.69, 9.17) is 4.74 Å². The van der Waals surface area contributed by atoms with E-state index in [-0.39, 0.29) is 24.9 Å². The maximum absolute atomic E-state index is 13.3. The van der Waals surface area contributed by atoms with Gasteiger partial charge in [0.2, 0.25) is 0 Å². The summed E-state index contributed by atoms with van der Waals surface area (Å²) in [6, 6.07) is 0. The Morgan fingerprint density at radius 3 is 2.41 bits per heavy atom. The highest BCUT2D eigenvalue weighted by Gasteiger charge is 2.59. The van der Waals surface area contributed by atoms with Crippen LogP contribution in [0.4, 0.5) is 18.0 Å². The number of nitrogens with zero attached hydrogens (tertiary/aromatic N) is 3. The zero-order chi connectivity index (χ0) is 20.0. The molecule has 10 heteroatoms. The van der Waals surface area contributed by atoms with Gasteiger partial charge in [0.1, 0.15) is 11.1 Å². The average Bonchev–Trinajstić information content (AvgIpc) is 2.90. The fourth-order valence-electron chi connectivity index (χ4n) is 3.21. The lowest BCUT2D eigenvalue weighted by Crippen LogP contribution is -2.63. The molecule has 2 heterocycles. The number of aromatic nitrogens is 2. The highest BCUT2D eigenvalue weighted by atomic mass is 19.4. The first-order valence-electron chi connectivity index (χ1n) is 8.84. The van der Waals surface area contributed by atoms with E-state index in [1.54, 1.807) is 20.8 Å². The Morgan fingerprint density at radius 1 is 1.22 bits per heavy atom. The fraction of sp³-hybridized carbons (Fsp3) is 0.706. The fourth-order valence-corrected chi connectivity index (χ4v) is 3.21.